The second kappa shape index (κ2) is 17.8. The average molecular weight is 659 g/mol. The van der Waals surface area contributed by atoms with E-state index < -0.39 is 48.8 Å². The molecule has 0 heterocycles. The predicted octanol–water partition coefficient (Wildman–Crippen LogP) is 1.90. The van der Waals surface area contributed by atoms with E-state index in [0.29, 0.717) is 21.6 Å². The monoisotopic (exact) mass is 658 g/mol. The molecule has 0 radical (unpaired) electrons. The maximum atomic E-state index is 14.9. The Hall–Kier alpha value is -5.72. The Balaban J connectivity index is 2.16. The van der Waals surface area contributed by atoms with Gasteiger partial charge in [0.05, 0.1) is 12.3 Å². The van der Waals surface area contributed by atoms with Gasteiger partial charge in [-0.2, -0.15) is 0 Å². The minimum atomic E-state index is -1.41. The minimum Gasteiger partial charge on any atom is -0.480 e. The average Bonchev–Trinajstić information content (AvgIpc) is 3.04. The SMILES string of the molecule is CN(C)C(=O)Cc1ccc(CN(C(=O)C(c2ccccc2)c2ccccc2)[C@H](CCCN=C(N)N)C(=O)N(CC(=O)O)CC(=O)O)cc1. The van der Waals surface area contributed by atoms with Crippen molar-refractivity contribution in [3.8, 4) is 0 Å². The lowest BCUT2D eigenvalue weighted by molar-refractivity contribution is -0.154. The fraction of sp³-hybridized carbons (Fsp3) is 0.314. The van der Waals surface area contributed by atoms with Crippen molar-refractivity contribution < 1.29 is 34.2 Å². The van der Waals surface area contributed by atoms with Gasteiger partial charge in [-0.1, -0.05) is 84.9 Å². The van der Waals surface area contributed by atoms with Crippen LogP contribution in [-0.4, -0.2) is 100 Å². The maximum Gasteiger partial charge on any atom is 0.323 e. The normalized spacial score (nSPS) is 11.3. The highest BCUT2D eigenvalue weighted by Crippen LogP contribution is 2.30. The third-order valence-corrected chi connectivity index (χ3v) is 7.58. The van der Waals surface area contributed by atoms with E-state index in [-0.39, 0.29) is 44.2 Å². The number of aliphatic carboxylic acids is 2. The van der Waals surface area contributed by atoms with Crippen LogP contribution in [0.15, 0.2) is 89.9 Å². The Morgan fingerprint density at radius 1 is 0.729 bits per heavy atom. The number of amides is 3. The molecule has 0 fully saturated rings. The second-order valence-corrected chi connectivity index (χ2v) is 11.4. The molecule has 13 heteroatoms. The molecule has 254 valence electrons. The summed E-state index contributed by atoms with van der Waals surface area (Å²) in [5.41, 5.74) is 13.7. The first-order valence-electron chi connectivity index (χ1n) is 15.3. The number of guanidine groups is 1. The van der Waals surface area contributed by atoms with E-state index in [0.717, 1.165) is 5.56 Å². The van der Waals surface area contributed by atoms with E-state index in [4.69, 9.17) is 11.5 Å². The van der Waals surface area contributed by atoms with Crippen LogP contribution in [0, 0.1) is 0 Å². The lowest BCUT2D eigenvalue weighted by atomic mass is 9.89. The van der Waals surface area contributed by atoms with Gasteiger partial charge in [-0.25, -0.2) is 0 Å². The molecule has 3 amide bonds. The Morgan fingerprint density at radius 3 is 1.69 bits per heavy atom. The number of aliphatic imine (C=N–C) groups is 1. The van der Waals surface area contributed by atoms with E-state index >= 15 is 0 Å². The number of likely N-dealkylation sites (N-methyl/N-ethyl adjacent to an activating group) is 1. The molecular weight excluding hydrogens is 616 g/mol. The number of rotatable bonds is 17. The standard InChI is InChI=1S/C35H42N6O7/c1-39(2)29(42)20-24-15-17-25(18-16-24)21-41(34(48)32(26-10-5-3-6-11-26)27-12-7-4-8-13-27)28(14-9-19-38-35(36)37)33(47)40(22-30(43)44)23-31(45)46/h3-8,10-13,15-18,28,32H,9,14,19-23H2,1-2H3,(H,43,44)(H,45,46)(H4,36,37,38)/t28-/m1/s1. The van der Waals surface area contributed by atoms with Crippen LogP contribution in [0.4, 0.5) is 0 Å². The maximum absolute atomic E-state index is 14.9. The fourth-order valence-electron chi connectivity index (χ4n) is 5.22. The van der Waals surface area contributed by atoms with Crippen LogP contribution in [0.5, 0.6) is 0 Å². The van der Waals surface area contributed by atoms with Crippen molar-refractivity contribution in [2.45, 2.75) is 37.8 Å². The van der Waals surface area contributed by atoms with E-state index in [9.17, 15) is 34.2 Å². The van der Waals surface area contributed by atoms with Crippen molar-refractivity contribution >= 4 is 35.6 Å². The zero-order chi connectivity index (χ0) is 35.2. The Kier molecular flexibility index (Phi) is 13.7. The first-order valence-corrected chi connectivity index (χ1v) is 15.3. The molecule has 6 N–H and O–H groups in total. The molecule has 0 unspecified atom stereocenters. The first kappa shape index (κ1) is 36.7. The third-order valence-electron chi connectivity index (χ3n) is 7.58. The first-order chi connectivity index (χ1) is 22.9. The van der Waals surface area contributed by atoms with Gasteiger partial charge >= 0.3 is 11.9 Å². The molecule has 0 bridgehead atoms. The highest BCUT2D eigenvalue weighted by molar-refractivity contribution is 5.94. The van der Waals surface area contributed by atoms with Crippen molar-refractivity contribution in [1.82, 2.24) is 14.7 Å². The van der Waals surface area contributed by atoms with Crippen LogP contribution in [0.1, 0.15) is 41.0 Å². The lowest BCUT2D eigenvalue weighted by Crippen LogP contribution is -2.53. The molecule has 0 aliphatic heterocycles. The summed E-state index contributed by atoms with van der Waals surface area (Å²) in [6, 6.07) is 23.8. The molecule has 13 nitrogen and oxygen atoms in total. The summed E-state index contributed by atoms with van der Waals surface area (Å²) in [6.07, 6.45) is 0.396. The van der Waals surface area contributed by atoms with Crippen molar-refractivity contribution in [1.29, 1.82) is 0 Å². The molecule has 0 spiro atoms. The summed E-state index contributed by atoms with van der Waals surface area (Å²) < 4.78 is 0. The van der Waals surface area contributed by atoms with Crippen LogP contribution >= 0.6 is 0 Å². The molecule has 1 atom stereocenters. The molecular formula is C35H42N6O7. The largest absolute Gasteiger partial charge is 0.480 e. The Morgan fingerprint density at radius 2 is 1.23 bits per heavy atom. The van der Waals surface area contributed by atoms with Crippen LogP contribution in [0.25, 0.3) is 0 Å². The highest BCUT2D eigenvalue weighted by Gasteiger charge is 2.38. The van der Waals surface area contributed by atoms with Crippen molar-refractivity contribution in [3.05, 3.63) is 107 Å². The number of hydrogen-bond donors (Lipinski definition) is 4. The van der Waals surface area contributed by atoms with Gasteiger partial charge in [-0.15, -0.1) is 0 Å². The summed E-state index contributed by atoms with van der Waals surface area (Å²) in [4.78, 5) is 72.4. The van der Waals surface area contributed by atoms with E-state index in [2.05, 4.69) is 4.99 Å². The van der Waals surface area contributed by atoms with Crippen LogP contribution in [-0.2, 0) is 36.9 Å². The van der Waals surface area contributed by atoms with Crippen molar-refractivity contribution in [2.24, 2.45) is 16.5 Å². The van der Waals surface area contributed by atoms with Crippen molar-refractivity contribution in [3.63, 3.8) is 0 Å². The van der Waals surface area contributed by atoms with E-state index in [1.165, 1.54) is 9.80 Å². The van der Waals surface area contributed by atoms with Gasteiger partial charge in [-0.3, -0.25) is 29.0 Å². The van der Waals surface area contributed by atoms with Gasteiger partial charge in [-0.05, 0) is 35.1 Å². The van der Waals surface area contributed by atoms with Gasteiger partial charge in [0.15, 0.2) is 5.96 Å². The number of carbonyl (C=O) groups excluding carboxylic acids is 3. The molecule has 3 aromatic carbocycles. The van der Waals surface area contributed by atoms with E-state index in [1.54, 1.807) is 86.9 Å². The Labute approximate surface area is 279 Å². The van der Waals surface area contributed by atoms with Crippen molar-refractivity contribution in [2.75, 3.05) is 33.7 Å². The topological polar surface area (TPSA) is 200 Å². The summed E-state index contributed by atoms with van der Waals surface area (Å²) in [5, 5.41) is 19.1. The molecule has 3 aromatic rings. The number of benzene rings is 3. The lowest BCUT2D eigenvalue weighted by Gasteiger charge is -2.36. The van der Waals surface area contributed by atoms with Crippen LogP contribution in [0.3, 0.4) is 0 Å². The molecule has 0 aliphatic rings. The van der Waals surface area contributed by atoms with Gasteiger partial charge in [0, 0.05) is 27.2 Å². The smallest absolute Gasteiger partial charge is 0.323 e. The second-order valence-electron chi connectivity index (χ2n) is 11.4. The summed E-state index contributed by atoms with van der Waals surface area (Å²) >= 11 is 0. The number of nitrogens with two attached hydrogens (primary N) is 2. The minimum absolute atomic E-state index is 0.00279. The zero-order valence-corrected chi connectivity index (χ0v) is 27.1. The van der Waals surface area contributed by atoms with Crippen LogP contribution < -0.4 is 11.5 Å². The number of carboxylic acids is 2. The molecule has 0 aliphatic carbocycles. The number of nitrogens with zero attached hydrogens (tertiary/aromatic N) is 4. The highest BCUT2D eigenvalue weighted by atomic mass is 16.4. The molecule has 0 saturated carbocycles. The zero-order valence-electron chi connectivity index (χ0n) is 27.1. The quantitative estimate of drug-likeness (QED) is 0.0950. The summed E-state index contributed by atoms with van der Waals surface area (Å²) in [5.74, 6) is -5.21. The molecule has 0 aromatic heterocycles. The number of carboxylic acid groups (broad SMARTS) is 2. The number of hydrogen-bond acceptors (Lipinski definition) is 6. The fourth-order valence-corrected chi connectivity index (χ4v) is 5.22. The van der Waals surface area contributed by atoms with Crippen LogP contribution in [0.2, 0.25) is 0 Å². The molecule has 3 rings (SSSR count). The molecule has 0 saturated heterocycles. The van der Waals surface area contributed by atoms with Gasteiger partial charge < -0.3 is 36.4 Å². The molecule has 48 heavy (non-hydrogen) atoms. The Bertz CT molecular complexity index is 1520. The summed E-state index contributed by atoms with van der Waals surface area (Å²) in [7, 11) is 3.33. The number of carbonyl (C=O) groups is 5. The predicted molar refractivity (Wildman–Crippen MR) is 180 cm³/mol. The van der Waals surface area contributed by atoms with Gasteiger partial charge in [0.1, 0.15) is 19.1 Å². The van der Waals surface area contributed by atoms with Gasteiger partial charge in [0.25, 0.3) is 0 Å². The summed E-state index contributed by atoms with van der Waals surface area (Å²) in [6.45, 7) is -1.73. The third kappa shape index (κ3) is 11.0. The van der Waals surface area contributed by atoms with E-state index in [1.807, 2.05) is 12.1 Å². The van der Waals surface area contributed by atoms with Gasteiger partial charge in [0.2, 0.25) is 17.7 Å².